The molecule has 0 aromatic heterocycles. The van der Waals surface area contributed by atoms with Crippen LogP contribution in [0.2, 0.25) is 5.02 Å². The number of hydrogen-bond donors (Lipinski definition) is 2. The zero-order valence-corrected chi connectivity index (χ0v) is 12.6. The van der Waals surface area contributed by atoms with E-state index in [0.717, 1.165) is 5.56 Å². The molecule has 1 amide bonds. The van der Waals surface area contributed by atoms with Crippen LogP contribution in [0.5, 0.6) is 0 Å². The topological polar surface area (TPSA) is 49.3 Å². The van der Waals surface area contributed by atoms with Crippen molar-refractivity contribution in [2.45, 2.75) is 26.0 Å². The first kappa shape index (κ1) is 15.5. The number of hydrogen-bond acceptors (Lipinski definition) is 2. The zero-order valence-electron chi connectivity index (χ0n) is 11.8. The first-order chi connectivity index (χ1) is 10.0. The standard InChI is InChI=1S/C17H18ClNO2/c1-12-2-4-13(5-3-12)11-19-17(21)10-16(20)14-6-8-15(18)9-7-14/h2-9,16,20H,10-11H2,1H3,(H,19,21). The van der Waals surface area contributed by atoms with E-state index in [4.69, 9.17) is 11.6 Å². The van der Waals surface area contributed by atoms with Crippen molar-refractivity contribution in [2.75, 3.05) is 0 Å². The van der Waals surface area contributed by atoms with Gasteiger partial charge in [-0.1, -0.05) is 53.6 Å². The summed E-state index contributed by atoms with van der Waals surface area (Å²) in [6.07, 6.45) is -0.784. The number of halogens is 1. The van der Waals surface area contributed by atoms with Gasteiger partial charge in [-0.15, -0.1) is 0 Å². The van der Waals surface area contributed by atoms with E-state index in [-0.39, 0.29) is 12.3 Å². The Morgan fingerprint density at radius 1 is 1.14 bits per heavy atom. The maximum absolute atomic E-state index is 11.8. The minimum absolute atomic E-state index is 0.0352. The fourth-order valence-electron chi connectivity index (χ4n) is 1.96. The molecule has 1 unspecified atom stereocenters. The van der Waals surface area contributed by atoms with Gasteiger partial charge in [0.15, 0.2) is 0 Å². The van der Waals surface area contributed by atoms with E-state index in [2.05, 4.69) is 5.32 Å². The Morgan fingerprint density at radius 3 is 2.38 bits per heavy atom. The summed E-state index contributed by atoms with van der Waals surface area (Å²) in [5.74, 6) is -0.182. The van der Waals surface area contributed by atoms with Crippen LogP contribution in [0.15, 0.2) is 48.5 Å². The fourth-order valence-corrected chi connectivity index (χ4v) is 2.08. The average molecular weight is 304 g/mol. The normalized spacial score (nSPS) is 12.0. The Labute approximate surface area is 129 Å². The van der Waals surface area contributed by atoms with E-state index in [1.165, 1.54) is 5.56 Å². The highest BCUT2D eigenvalue weighted by Crippen LogP contribution is 2.19. The van der Waals surface area contributed by atoms with Crippen LogP contribution in [0.1, 0.15) is 29.2 Å². The molecule has 0 radical (unpaired) electrons. The summed E-state index contributed by atoms with van der Waals surface area (Å²) in [6.45, 7) is 2.48. The molecule has 0 bridgehead atoms. The second-order valence-corrected chi connectivity index (χ2v) is 5.47. The minimum atomic E-state index is -0.819. The van der Waals surface area contributed by atoms with E-state index in [0.29, 0.717) is 17.1 Å². The number of aliphatic hydroxyl groups is 1. The number of carbonyl (C=O) groups is 1. The van der Waals surface area contributed by atoms with Crippen molar-refractivity contribution in [3.05, 3.63) is 70.2 Å². The van der Waals surface area contributed by atoms with Crippen molar-refractivity contribution in [2.24, 2.45) is 0 Å². The zero-order chi connectivity index (χ0) is 15.2. The van der Waals surface area contributed by atoms with Crippen LogP contribution in [0.25, 0.3) is 0 Å². The van der Waals surface area contributed by atoms with Crippen molar-refractivity contribution < 1.29 is 9.90 Å². The van der Waals surface area contributed by atoms with Gasteiger partial charge in [-0.05, 0) is 30.2 Å². The van der Waals surface area contributed by atoms with Crippen LogP contribution in [-0.4, -0.2) is 11.0 Å². The number of aryl methyl sites for hydroxylation is 1. The summed E-state index contributed by atoms with van der Waals surface area (Å²) in [6, 6.07) is 14.8. The fraction of sp³-hybridized carbons (Fsp3) is 0.235. The number of nitrogens with one attached hydrogen (secondary N) is 1. The SMILES string of the molecule is Cc1ccc(CNC(=O)CC(O)c2ccc(Cl)cc2)cc1. The van der Waals surface area contributed by atoms with Crippen molar-refractivity contribution in [3.8, 4) is 0 Å². The molecule has 21 heavy (non-hydrogen) atoms. The monoisotopic (exact) mass is 303 g/mol. The van der Waals surface area contributed by atoms with E-state index in [1.807, 2.05) is 31.2 Å². The van der Waals surface area contributed by atoms with Crippen molar-refractivity contribution in [1.29, 1.82) is 0 Å². The third kappa shape index (κ3) is 4.88. The van der Waals surface area contributed by atoms with Gasteiger partial charge in [0.25, 0.3) is 0 Å². The van der Waals surface area contributed by atoms with Gasteiger partial charge in [-0.25, -0.2) is 0 Å². The summed E-state index contributed by atoms with van der Waals surface area (Å²) in [5.41, 5.74) is 2.91. The Balaban J connectivity index is 1.83. The van der Waals surface area contributed by atoms with Crippen LogP contribution in [0.3, 0.4) is 0 Å². The lowest BCUT2D eigenvalue weighted by Crippen LogP contribution is -2.24. The van der Waals surface area contributed by atoms with Gasteiger partial charge < -0.3 is 10.4 Å². The molecule has 2 aromatic carbocycles. The molecule has 0 heterocycles. The second kappa shape index (κ2) is 7.25. The molecule has 3 nitrogen and oxygen atoms in total. The molecule has 4 heteroatoms. The number of carbonyl (C=O) groups excluding carboxylic acids is 1. The van der Waals surface area contributed by atoms with Crippen LogP contribution >= 0.6 is 11.6 Å². The lowest BCUT2D eigenvalue weighted by atomic mass is 10.1. The smallest absolute Gasteiger partial charge is 0.223 e. The summed E-state index contributed by atoms with van der Waals surface area (Å²) in [4.78, 5) is 11.8. The minimum Gasteiger partial charge on any atom is -0.388 e. The highest BCUT2D eigenvalue weighted by molar-refractivity contribution is 6.30. The molecule has 0 aliphatic heterocycles. The largest absolute Gasteiger partial charge is 0.388 e. The van der Waals surface area contributed by atoms with Crippen LogP contribution in [-0.2, 0) is 11.3 Å². The van der Waals surface area contributed by atoms with Crippen molar-refractivity contribution in [1.82, 2.24) is 5.32 Å². The Bertz CT molecular complexity index is 593. The summed E-state index contributed by atoms with van der Waals surface area (Å²) in [5, 5.41) is 13.4. The first-order valence-electron chi connectivity index (χ1n) is 6.80. The lowest BCUT2D eigenvalue weighted by Gasteiger charge is -2.11. The second-order valence-electron chi connectivity index (χ2n) is 5.03. The quantitative estimate of drug-likeness (QED) is 0.889. The van der Waals surface area contributed by atoms with Crippen molar-refractivity contribution >= 4 is 17.5 Å². The van der Waals surface area contributed by atoms with Gasteiger partial charge >= 0.3 is 0 Å². The van der Waals surface area contributed by atoms with E-state index in [1.54, 1.807) is 24.3 Å². The summed E-state index contributed by atoms with van der Waals surface area (Å²) < 4.78 is 0. The van der Waals surface area contributed by atoms with E-state index in [9.17, 15) is 9.90 Å². The molecule has 0 aliphatic carbocycles. The third-order valence-electron chi connectivity index (χ3n) is 3.24. The van der Waals surface area contributed by atoms with Gasteiger partial charge in [0.1, 0.15) is 0 Å². The Morgan fingerprint density at radius 2 is 1.76 bits per heavy atom. The third-order valence-corrected chi connectivity index (χ3v) is 3.50. The summed E-state index contributed by atoms with van der Waals surface area (Å²) in [7, 11) is 0. The molecule has 2 N–H and O–H groups in total. The highest BCUT2D eigenvalue weighted by Gasteiger charge is 2.12. The van der Waals surface area contributed by atoms with Gasteiger partial charge in [-0.2, -0.15) is 0 Å². The number of amides is 1. The molecule has 0 spiro atoms. The molecule has 0 fully saturated rings. The lowest BCUT2D eigenvalue weighted by molar-refractivity contribution is -0.123. The highest BCUT2D eigenvalue weighted by atomic mass is 35.5. The predicted molar refractivity (Wildman–Crippen MR) is 84.1 cm³/mol. The molecular weight excluding hydrogens is 286 g/mol. The number of benzene rings is 2. The van der Waals surface area contributed by atoms with Gasteiger partial charge in [-0.3, -0.25) is 4.79 Å². The van der Waals surface area contributed by atoms with Crippen LogP contribution in [0.4, 0.5) is 0 Å². The average Bonchev–Trinajstić information content (AvgIpc) is 2.47. The molecule has 0 saturated carbocycles. The van der Waals surface area contributed by atoms with E-state index >= 15 is 0 Å². The maximum atomic E-state index is 11.8. The van der Waals surface area contributed by atoms with Gasteiger partial charge in [0.05, 0.1) is 12.5 Å². The van der Waals surface area contributed by atoms with Gasteiger partial charge in [0, 0.05) is 11.6 Å². The Hall–Kier alpha value is -1.84. The molecule has 1 atom stereocenters. The summed E-state index contributed by atoms with van der Waals surface area (Å²) >= 11 is 5.79. The molecular formula is C17H18ClNO2. The van der Waals surface area contributed by atoms with Crippen LogP contribution in [0, 0.1) is 6.92 Å². The predicted octanol–water partition coefficient (Wildman–Crippen LogP) is 3.39. The van der Waals surface area contributed by atoms with Crippen LogP contribution < -0.4 is 5.32 Å². The molecule has 0 saturated heterocycles. The number of rotatable bonds is 5. The number of aliphatic hydroxyl groups excluding tert-OH is 1. The molecule has 2 rings (SSSR count). The van der Waals surface area contributed by atoms with Crippen molar-refractivity contribution in [3.63, 3.8) is 0 Å². The molecule has 110 valence electrons. The van der Waals surface area contributed by atoms with E-state index < -0.39 is 6.10 Å². The van der Waals surface area contributed by atoms with Gasteiger partial charge in [0.2, 0.25) is 5.91 Å². The molecule has 0 aliphatic rings. The molecule has 2 aromatic rings. The maximum Gasteiger partial charge on any atom is 0.223 e. The first-order valence-corrected chi connectivity index (χ1v) is 7.18. The Kier molecular flexibility index (Phi) is 5.37.